The summed E-state index contributed by atoms with van der Waals surface area (Å²) in [6, 6.07) is 13.8. The Kier molecular flexibility index (Phi) is 5.56. The number of methoxy groups -OCH3 is 1. The lowest BCUT2D eigenvalue weighted by atomic mass is 10.0. The molecule has 2 aromatic heterocycles. The van der Waals surface area contributed by atoms with Crippen molar-refractivity contribution in [2.24, 2.45) is 4.99 Å². The van der Waals surface area contributed by atoms with Gasteiger partial charge >= 0.3 is 11.9 Å². The highest BCUT2D eigenvalue weighted by molar-refractivity contribution is 7.16. The molecule has 0 fully saturated rings. The Morgan fingerprint density at radius 1 is 1.16 bits per heavy atom. The number of carbonyl (C=O) groups is 2. The summed E-state index contributed by atoms with van der Waals surface area (Å²) >= 11 is 1.29. The molecule has 0 spiro atoms. The maximum Gasteiger partial charge on any atom is 0.325 e. The van der Waals surface area contributed by atoms with Crippen LogP contribution in [0.1, 0.15) is 35.9 Å². The molecule has 0 radical (unpaired) electrons. The molecule has 7 nitrogen and oxygen atoms in total. The van der Waals surface area contributed by atoms with E-state index in [0.717, 1.165) is 21.8 Å². The Morgan fingerprint density at radius 3 is 2.68 bits per heavy atom. The highest BCUT2D eigenvalue weighted by Gasteiger charge is 2.16. The number of para-hydroxylation sites is 1. The molecule has 2 heterocycles. The fourth-order valence-corrected chi connectivity index (χ4v) is 4.31. The van der Waals surface area contributed by atoms with Crippen LogP contribution in [-0.4, -0.2) is 23.6 Å². The van der Waals surface area contributed by atoms with Gasteiger partial charge in [-0.15, -0.1) is 0 Å². The first-order chi connectivity index (χ1) is 14.9. The van der Waals surface area contributed by atoms with E-state index in [4.69, 9.17) is 9.15 Å². The van der Waals surface area contributed by atoms with Gasteiger partial charge in [0.1, 0.15) is 12.1 Å². The van der Waals surface area contributed by atoms with Crippen LogP contribution in [0.2, 0.25) is 0 Å². The van der Waals surface area contributed by atoms with Crippen LogP contribution >= 0.6 is 11.3 Å². The molecule has 0 aliphatic heterocycles. The molecule has 0 N–H and O–H groups in total. The lowest BCUT2D eigenvalue weighted by molar-refractivity contribution is -0.141. The number of fused-ring (bicyclic) bond motifs is 2. The van der Waals surface area contributed by atoms with Crippen LogP contribution in [0.4, 0.5) is 0 Å². The Hall–Kier alpha value is -3.52. The standard InChI is InChI=1S/C23H20N2O5S/c1-13(2)14-8-9-16-20(10-14)31-23(25(16)12-21(27)29-3)24-22(28)19-11-17(26)15-6-4-5-7-18(15)30-19/h4-11,13H,12H2,1-3H3. The Balaban J connectivity index is 1.87. The van der Waals surface area contributed by atoms with Gasteiger partial charge < -0.3 is 13.7 Å². The normalized spacial score (nSPS) is 12.1. The highest BCUT2D eigenvalue weighted by atomic mass is 32.1. The second kappa shape index (κ2) is 8.31. The van der Waals surface area contributed by atoms with E-state index in [9.17, 15) is 14.4 Å². The van der Waals surface area contributed by atoms with E-state index >= 15 is 0 Å². The van der Waals surface area contributed by atoms with Crippen LogP contribution in [0.5, 0.6) is 0 Å². The van der Waals surface area contributed by atoms with E-state index in [0.29, 0.717) is 21.7 Å². The minimum atomic E-state index is -0.697. The summed E-state index contributed by atoms with van der Waals surface area (Å²) in [5.74, 6) is -0.987. The topological polar surface area (TPSA) is 90.9 Å². The van der Waals surface area contributed by atoms with Crippen LogP contribution in [0.15, 0.2) is 62.7 Å². The average molecular weight is 436 g/mol. The number of benzene rings is 2. The predicted molar refractivity (Wildman–Crippen MR) is 118 cm³/mol. The van der Waals surface area contributed by atoms with Crippen LogP contribution in [0.3, 0.4) is 0 Å². The maximum atomic E-state index is 12.8. The van der Waals surface area contributed by atoms with Gasteiger partial charge in [-0.3, -0.25) is 14.4 Å². The van der Waals surface area contributed by atoms with Crippen LogP contribution in [0.25, 0.3) is 21.2 Å². The highest BCUT2D eigenvalue weighted by Crippen LogP contribution is 2.24. The Labute approximate surface area is 181 Å². The summed E-state index contributed by atoms with van der Waals surface area (Å²) in [5, 5.41) is 0.392. The van der Waals surface area contributed by atoms with Gasteiger partial charge in [0.05, 0.1) is 22.7 Å². The fourth-order valence-electron chi connectivity index (χ4n) is 3.23. The number of nitrogens with zero attached hydrogens (tertiary/aromatic N) is 2. The number of hydrogen-bond donors (Lipinski definition) is 0. The van der Waals surface area contributed by atoms with Crippen molar-refractivity contribution in [1.82, 2.24) is 4.57 Å². The van der Waals surface area contributed by atoms with Gasteiger partial charge in [0.15, 0.2) is 16.0 Å². The fraction of sp³-hybridized carbons (Fsp3) is 0.217. The van der Waals surface area contributed by atoms with Crippen molar-refractivity contribution in [3.8, 4) is 0 Å². The minimum absolute atomic E-state index is 0.0920. The molecule has 0 atom stereocenters. The third kappa shape index (κ3) is 4.06. The molecule has 0 aliphatic carbocycles. The molecule has 158 valence electrons. The average Bonchev–Trinajstić information content (AvgIpc) is 3.09. The van der Waals surface area contributed by atoms with E-state index in [1.165, 1.54) is 18.4 Å². The van der Waals surface area contributed by atoms with E-state index in [2.05, 4.69) is 18.8 Å². The summed E-state index contributed by atoms with van der Waals surface area (Å²) in [5.41, 5.74) is 1.90. The molecule has 31 heavy (non-hydrogen) atoms. The zero-order valence-electron chi connectivity index (χ0n) is 17.2. The zero-order valence-corrected chi connectivity index (χ0v) is 18.1. The number of rotatable bonds is 4. The van der Waals surface area contributed by atoms with Crippen LogP contribution < -0.4 is 10.2 Å². The first kappa shape index (κ1) is 20.7. The lowest BCUT2D eigenvalue weighted by Crippen LogP contribution is -2.22. The van der Waals surface area contributed by atoms with Gasteiger partial charge in [0.2, 0.25) is 0 Å². The number of carbonyl (C=O) groups excluding carboxylic acids is 2. The largest absolute Gasteiger partial charge is 0.468 e. The Bertz CT molecular complexity index is 1440. The first-order valence-electron chi connectivity index (χ1n) is 9.69. The van der Waals surface area contributed by atoms with Crippen molar-refractivity contribution >= 4 is 44.4 Å². The van der Waals surface area contributed by atoms with Crippen molar-refractivity contribution in [3.63, 3.8) is 0 Å². The molecular weight excluding hydrogens is 416 g/mol. The monoisotopic (exact) mass is 436 g/mol. The molecule has 0 saturated heterocycles. The molecule has 2 aromatic carbocycles. The molecule has 0 saturated carbocycles. The van der Waals surface area contributed by atoms with Crippen molar-refractivity contribution in [2.75, 3.05) is 7.11 Å². The number of esters is 1. The van der Waals surface area contributed by atoms with Crippen molar-refractivity contribution < 1.29 is 18.7 Å². The molecule has 8 heteroatoms. The molecule has 4 aromatic rings. The van der Waals surface area contributed by atoms with Gasteiger partial charge in [-0.2, -0.15) is 4.99 Å². The number of amides is 1. The summed E-state index contributed by atoms with van der Waals surface area (Å²) in [6.07, 6.45) is 0. The lowest BCUT2D eigenvalue weighted by Gasteiger charge is -2.06. The molecule has 1 amide bonds. The molecule has 4 rings (SSSR count). The van der Waals surface area contributed by atoms with Crippen LogP contribution in [0, 0.1) is 0 Å². The SMILES string of the molecule is COC(=O)Cn1c(=NC(=O)c2cc(=O)c3ccccc3o2)sc2cc(C(C)C)ccc21. The van der Waals surface area contributed by atoms with Crippen molar-refractivity contribution in [1.29, 1.82) is 0 Å². The summed E-state index contributed by atoms with van der Waals surface area (Å²) < 4.78 is 12.9. The second-order valence-electron chi connectivity index (χ2n) is 7.32. The summed E-state index contributed by atoms with van der Waals surface area (Å²) in [6.45, 7) is 4.09. The quantitative estimate of drug-likeness (QED) is 0.453. The van der Waals surface area contributed by atoms with Gasteiger partial charge in [-0.1, -0.05) is 43.4 Å². The molecular formula is C23H20N2O5S. The van der Waals surface area contributed by atoms with Gasteiger partial charge in [-0.05, 0) is 35.7 Å². The summed E-state index contributed by atoms with van der Waals surface area (Å²) in [7, 11) is 1.31. The first-order valence-corrected chi connectivity index (χ1v) is 10.5. The number of ether oxygens (including phenoxy) is 1. The number of thiazole rings is 1. The second-order valence-corrected chi connectivity index (χ2v) is 8.33. The smallest absolute Gasteiger partial charge is 0.325 e. The van der Waals surface area contributed by atoms with Gasteiger partial charge in [0, 0.05) is 6.07 Å². The maximum absolute atomic E-state index is 12.8. The van der Waals surface area contributed by atoms with Gasteiger partial charge in [0.25, 0.3) is 0 Å². The van der Waals surface area contributed by atoms with Gasteiger partial charge in [-0.25, -0.2) is 0 Å². The predicted octanol–water partition coefficient (Wildman–Crippen LogP) is 3.85. The molecule has 0 aliphatic rings. The third-order valence-corrected chi connectivity index (χ3v) is 5.97. The summed E-state index contributed by atoms with van der Waals surface area (Å²) in [4.78, 5) is 41.7. The van der Waals surface area contributed by atoms with Crippen molar-refractivity contribution in [2.45, 2.75) is 26.3 Å². The zero-order chi connectivity index (χ0) is 22.1. The Morgan fingerprint density at radius 2 is 1.94 bits per heavy atom. The van der Waals surface area contributed by atoms with E-state index in [-0.39, 0.29) is 17.7 Å². The van der Waals surface area contributed by atoms with E-state index < -0.39 is 11.9 Å². The van der Waals surface area contributed by atoms with E-state index in [1.807, 2.05) is 18.2 Å². The molecule has 0 unspecified atom stereocenters. The third-order valence-electron chi connectivity index (χ3n) is 4.93. The van der Waals surface area contributed by atoms with E-state index in [1.54, 1.807) is 28.8 Å². The number of hydrogen-bond acceptors (Lipinski definition) is 6. The molecule has 0 bridgehead atoms. The van der Waals surface area contributed by atoms with Crippen molar-refractivity contribution in [3.05, 3.63) is 74.9 Å². The number of aromatic nitrogens is 1. The minimum Gasteiger partial charge on any atom is -0.468 e. The van der Waals surface area contributed by atoms with Crippen LogP contribution in [-0.2, 0) is 16.1 Å².